The lowest BCUT2D eigenvalue weighted by Gasteiger charge is -2.30. The van der Waals surface area contributed by atoms with Crippen molar-refractivity contribution in [3.63, 3.8) is 0 Å². The Morgan fingerprint density at radius 3 is 2.72 bits per heavy atom. The van der Waals surface area contributed by atoms with Crippen molar-refractivity contribution < 1.29 is 29.0 Å². The van der Waals surface area contributed by atoms with Crippen LogP contribution in [0.1, 0.15) is 11.1 Å². The molecule has 0 aromatic heterocycles. The van der Waals surface area contributed by atoms with Gasteiger partial charge in [0, 0.05) is 18.7 Å². The SMILES string of the molecule is C=CCc1cc(C=C2SC(=O)N(CC(=O)Nc3ccccc3N3CCOCC3)C2=O)cc(OC)c1O. The van der Waals surface area contributed by atoms with Crippen molar-refractivity contribution in [1.29, 1.82) is 0 Å². The standard InChI is InChI=1S/C26H27N3O6S/c1-3-6-18-13-17(14-21(34-2)24(18)31)15-22-25(32)29(26(33)36-22)16-23(30)27-19-7-4-5-8-20(19)28-9-11-35-12-10-28/h3-5,7-8,13-15,31H,1,6,9-12,16H2,2H3,(H,27,30). The van der Waals surface area contributed by atoms with Gasteiger partial charge in [-0.2, -0.15) is 0 Å². The van der Waals surface area contributed by atoms with Crippen LogP contribution in [0.15, 0.2) is 54.0 Å². The summed E-state index contributed by atoms with van der Waals surface area (Å²) in [5.41, 5.74) is 2.63. The zero-order chi connectivity index (χ0) is 25.7. The lowest BCUT2D eigenvalue weighted by Crippen LogP contribution is -2.38. The molecule has 9 nitrogen and oxygen atoms in total. The van der Waals surface area contributed by atoms with Crippen molar-refractivity contribution in [2.75, 3.05) is 50.2 Å². The molecule has 0 atom stereocenters. The minimum atomic E-state index is -0.557. The Kier molecular flexibility index (Phi) is 7.97. The van der Waals surface area contributed by atoms with Gasteiger partial charge in [-0.15, -0.1) is 6.58 Å². The van der Waals surface area contributed by atoms with E-state index in [1.165, 1.54) is 7.11 Å². The van der Waals surface area contributed by atoms with Crippen molar-refractivity contribution >= 4 is 46.3 Å². The normalized spacial score (nSPS) is 17.0. The summed E-state index contributed by atoms with van der Waals surface area (Å²) in [6.45, 7) is 5.90. The molecule has 2 saturated heterocycles. The fourth-order valence-corrected chi connectivity index (χ4v) is 4.86. The van der Waals surface area contributed by atoms with Gasteiger partial charge in [0.15, 0.2) is 11.5 Å². The van der Waals surface area contributed by atoms with Gasteiger partial charge in [0.1, 0.15) is 6.54 Å². The molecule has 0 unspecified atom stereocenters. The summed E-state index contributed by atoms with van der Waals surface area (Å²) >= 11 is 0.761. The van der Waals surface area contributed by atoms with Crippen molar-refractivity contribution in [1.82, 2.24) is 4.90 Å². The molecule has 188 valence electrons. The quantitative estimate of drug-likeness (QED) is 0.410. The van der Waals surface area contributed by atoms with Crippen molar-refractivity contribution in [2.45, 2.75) is 6.42 Å². The highest BCUT2D eigenvalue weighted by atomic mass is 32.2. The number of thioether (sulfide) groups is 1. The maximum absolute atomic E-state index is 13.0. The molecule has 0 spiro atoms. The average Bonchev–Trinajstić information content (AvgIpc) is 3.14. The van der Waals surface area contributed by atoms with Gasteiger partial charge in [0.25, 0.3) is 11.1 Å². The van der Waals surface area contributed by atoms with E-state index >= 15 is 0 Å². The number of hydrogen-bond donors (Lipinski definition) is 2. The molecule has 0 aliphatic carbocycles. The second kappa shape index (κ2) is 11.3. The van der Waals surface area contributed by atoms with Crippen LogP contribution in [0, 0.1) is 0 Å². The zero-order valence-electron chi connectivity index (χ0n) is 19.9. The molecular weight excluding hydrogens is 482 g/mol. The third-order valence-corrected chi connectivity index (χ3v) is 6.67. The van der Waals surface area contributed by atoms with E-state index in [4.69, 9.17) is 9.47 Å². The number of nitrogens with zero attached hydrogens (tertiary/aromatic N) is 2. The first kappa shape index (κ1) is 25.3. The predicted octanol–water partition coefficient (Wildman–Crippen LogP) is 3.64. The zero-order valence-corrected chi connectivity index (χ0v) is 20.7. The number of methoxy groups -OCH3 is 1. The van der Waals surface area contributed by atoms with E-state index in [1.54, 1.807) is 30.4 Å². The van der Waals surface area contributed by atoms with E-state index in [9.17, 15) is 19.5 Å². The Morgan fingerprint density at radius 2 is 2.00 bits per heavy atom. The van der Waals surface area contributed by atoms with E-state index < -0.39 is 23.6 Å². The smallest absolute Gasteiger partial charge is 0.294 e. The van der Waals surface area contributed by atoms with Gasteiger partial charge >= 0.3 is 0 Å². The number of carbonyl (C=O) groups excluding carboxylic acids is 3. The summed E-state index contributed by atoms with van der Waals surface area (Å²) in [5, 5.41) is 12.6. The van der Waals surface area contributed by atoms with Crippen LogP contribution >= 0.6 is 11.8 Å². The molecule has 2 aliphatic heterocycles. The molecule has 0 saturated carbocycles. The lowest BCUT2D eigenvalue weighted by molar-refractivity contribution is -0.127. The van der Waals surface area contributed by atoms with Crippen LogP contribution < -0.4 is 15.0 Å². The molecular formula is C26H27N3O6S. The Hall–Kier alpha value is -3.76. The van der Waals surface area contributed by atoms with Gasteiger partial charge in [-0.25, -0.2) is 0 Å². The van der Waals surface area contributed by atoms with E-state index in [-0.39, 0.29) is 16.4 Å². The van der Waals surface area contributed by atoms with Gasteiger partial charge in [-0.3, -0.25) is 19.3 Å². The molecule has 2 heterocycles. The first-order valence-corrected chi connectivity index (χ1v) is 12.2. The van der Waals surface area contributed by atoms with Crippen molar-refractivity contribution in [2.24, 2.45) is 0 Å². The van der Waals surface area contributed by atoms with Crippen LogP contribution in [0.2, 0.25) is 0 Å². The lowest BCUT2D eigenvalue weighted by atomic mass is 10.1. The van der Waals surface area contributed by atoms with E-state index in [0.29, 0.717) is 49.5 Å². The van der Waals surface area contributed by atoms with E-state index in [1.807, 2.05) is 18.2 Å². The summed E-state index contributed by atoms with van der Waals surface area (Å²) in [6.07, 6.45) is 3.59. The van der Waals surface area contributed by atoms with Crippen LogP contribution in [0.25, 0.3) is 6.08 Å². The highest BCUT2D eigenvalue weighted by Gasteiger charge is 2.36. The van der Waals surface area contributed by atoms with Crippen LogP contribution in [0.5, 0.6) is 11.5 Å². The van der Waals surface area contributed by atoms with Crippen LogP contribution in [-0.4, -0.2) is 67.0 Å². The maximum Gasteiger partial charge on any atom is 0.294 e. The average molecular weight is 510 g/mol. The number of rotatable bonds is 8. The number of imide groups is 1. The number of phenolic OH excluding ortho intramolecular Hbond substituents is 1. The number of benzene rings is 2. The minimum absolute atomic E-state index is 0.00307. The molecule has 36 heavy (non-hydrogen) atoms. The molecule has 0 bridgehead atoms. The predicted molar refractivity (Wildman–Crippen MR) is 139 cm³/mol. The summed E-state index contributed by atoms with van der Waals surface area (Å²) in [4.78, 5) is 41.6. The number of morpholine rings is 1. The third kappa shape index (κ3) is 5.55. The number of aromatic hydroxyl groups is 1. The van der Waals surface area contributed by atoms with Gasteiger partial charge in [-0.1, -0.05) is 18.2 Å². The number of hydrogen-bond acceptors (Lipinski definition) is 8. The molecule has 0 radical (unpaired) electrons. The number of anilines is 2. The van der Waals surface area contributed by atoms with Gasteiger partial charge in [-0.05, 0) is 54.1 Å². The van der Waals surface area contributed by atoms with Crippen molar-refractivity contribution in [3.8, 4) is 11.5 Å². The fourth-order valence-electron chi connectivity index (χ4n) is 4.02. The van der Waals surface area contributed by atoms with Gasteiger partial charge in [0.2, 0.25) is 5.91 Å². The third-order valence-electron chi connectivity index (χ3n) is 5.76. The number of ether oxygens (including phenoxy) is 2. The monoisotopic (exact) mass is 509 g/mol. The summed E-state index contributed by atoms with van der Waals surface area (Å²) in [6, 6.07) is 10.7. The molecule has 2 aromatic rings. The molecule has 2 aromatic carbocycles. The first-order chi connectivity index (χ1) is 17.4. The Labute approximate surface area is 213 Å². The topological polar surface area (TPSA) is 108 Å². The van der Waals surface area contributed by atoms with Gasteiger partial charge < -0.3 is 24.8 Å². The Bertz CT molecular complexity index is 1220. The second-order valence-corrected chi connectivity index (χ2v) is 9.15. The number of allylic oxidation sites excluding steroid dienone is 1. The fraction of sp³-hybridized carbons (Fsp3) is 0.269. The Morgan fingerprint density at radius 1 is 1.25 bits per heavy atom. The van der Waals surface area contributed by atoms with E-state index in [0.717, 1.165) is 22.3 Å². The molecule has 10 heteroatoms. The second-order valence-electron chi connectivity index (χ2n) is 8.16. The molecule has 3 amide bonds. The number of phenols is 1. The summed E-state index contributed by atoms with van der Waals surface area (Å²) in [7, 11) is 1.43. The van der Waals surface area contributed by atoms with Crippen molar-refractivity contribution in [3.05, 3.63) is 65.1 Å². The highest BCUT2D eigenvalue weighted by Crippen LogP contribution is 2.36. The summed E-state index contributed by atoms with van der Waals surface area (Å²) < 4.78 is 10.6. The highest BCUT2D eigenvalue weighted by molar-refractivity contribution is 8.18. The minimum Gasteiger partial charge on any atom is -0.504 e. The number of amides is 3. The van der Waals surface area contributed by atoms with E-state index in [2.05, 4.69) is 16.8 Å². The van der Waals surface area contributed by atoms with Crippen LogP contribution in [-0.2, 0) is 20.7 Å². The first-order valence-electron chi connectivity index (χ1n) is 11.4. The number of para-hydroxylation sites is 2. The number of carbonyl (C=O) groups is 3. The summed E-state index contributed by atoms with van der Waals surface area (Å²) in [5.74, 6) is -0.785. The molecule has 2 aliphatic rings. The van der Waals surface area contributed by atoms with Gasteiger partial charge in [0.05, 0.1) is 36.6 Å². The molecule has 2 N–H and O–H groups in total. The van der Waals surface area contributed by atoms with Crippen LogP contribution in [0.4, 0.5) is 16.2 Å². The largest absolute Gasteiger partial charge is 0.504 e. The van der Waals surface area contributed by atoms with Crippen LogP contribution in [0.3, 0.4) is 0 Å². The molecule has 2 fully saturated rings. The molecule has 4 rings (SSSR count). The maximum atomic E-state index is 13.0. The number of nitrogens with one attached hydrogen (secondary N) is 1. The Balaban J connectivity index is 1.48.